The van der Waals surface area contributed by atoms with E-state index in [-0.39, 0.29) is 11.0 Å². The molecule has 1 atom stereocenters. The summed E-state index contributed by atoms with van der Waals surface area (Å²) in [4.78, 5) is 2.01. The van der Waals surface area contributed by atoms with Crippen LogP contribution in [0, 0.1) is 16.7 Å². The number of rotatable bonds is 0. The van der Waals surface area contributed by atoms with Gasteiger partial charge in [-0.3, -0.25) is 0 Å². The van der Waals surface area contributed by atoms with Gasteiger partial charge in [0.2, 0.25) is 0 Å². The molecule has 0 N–H and O–H groups in total. The van der Waals surface area contributed by atoms with Crippen LogP contribution in [0.5, 0.6) is 0 Å². The molecule has 0 radical (unpaired) electrons. The van der Waals surface area contributed by atoms with Crippen LogP contribution >= 0.6 is 12.2 Å². The molecule has 0 bridgehead atoms. The molecule has 1 heterocycles. The van der Waals surface area contributed by atoms with E-state index in [1.54, 1.807) is 0 Å². The van der Waals surface area contributed by atoms with E-state index in [9.17, 15) is 0 Å². The molecule has 1 rings (SSSR count). The largest absolute Gasteiger partial charge is 0.465 e. The standard InChI is InChI=1S/C12H20N2OS/c1-11(2,3)15-10(16)14-7-5-6-12(4,8-13)9-14/h5-7,9H2,1-4H3. The molecule has 1 saturated heterocycles. The van der Waals surface area contributed by atoms with Crippen LogP contribution in [0.3, 0.4) is 0 Å². The molecule has 0 aromatic rings. The summed E-state index contributed by atoms with van der Waals surface area (Å²) in [5.41, 5.74) is -0.554. The molecular formula is C12H20N2OS. The number of ether oxygens (including phenoxy) is 1. The molecule has 1 aliphatic rings. The molecule has 0 spiro atoms. The van der Waals surface area contributed by atoms with E-state index in [0.29, 0.717) is 11.7 Å². The molecule has 0 saturated carbocycles. The van der Waals surface area contributed by atoms with Crippen molar-refractivity contribution >= 4 is 17.4 Å². The molecule has 4 heteroatoms. The minimum Gasteiger partial charge on any atom is -0.465 e. The molecular weight excluding hydrogens is 220 g/mol. The van der Waals surface area contributed by atoms with Gasteiger partial charge in [-0.1, -0.05) is 0 Å². The van der Waals surface area contributed by atoms with E-state index in [0.717, 1.165) is 19.4 Å². The van der Waals surface area contributed by atoms with E-state index in [1.165, 1.54) is 0 Å². The van der Waals surface area contributed by atoms with Gasteiger partial charge in [0.1, 0.15) is 5.60 Å². The van der Waals surface area contributed by atoms with Gasteiger partial charge in [-0.25, -0.2) is 0 Å². The Labute approximate surface area is 103 Å². The Morgan fingerprint density at radius 3 is 2.62 bits per heavy atom. The molecule has 3 nitrogen and oxygen atoms in total. The number of nitrogens with zero attached hydrogens (tertiary/aromatic N) is 2. The van der Waals surface area contributed by atoms with Crippen molar-refractivity contribution in [2.45, 2.75) is 46.1 Å². The number of hydrogen-bond acceptors (Lipinski definition) is 3. The molecule has 1 unspecified atom stereocenters. The second-order valence-corrected chi connectivity index (χ2v) is 6.03. The lowest BCUT2D eigenvalue weighted by Gasteiger charge is -2.38. The SMILES string of the molecule is CC1(C#N)CCCN(C(=S)OC(C)(C)C)C1. The van der Waals surface area contributed by atoms with Gasteiger partial charge in [0.15, 0.2) is 0 Å². The van der Waals surface area contributed by atoms with Gasteiger partial charge in [-0.05, 0) is 52.8 Å². The maximum Gasteiger partial charge on any atom is 0.259 e. The zero-order valence-electron chi connectivity index (χ0n) is 10.5. The molecule has 0 amide bonds. The number of piperidine rings is 1. The van der Waals surface area contributed by atoms with Crippen LogP contribution < -0.4 is 0 Å². The first-order chi connectivity index (χ1) is 7.26. The monoisotopic (exact) mass is 240 g/mol. The van der Waals surface area contributed by atoms with Crippen molar-refractivity contribution in [3.05, 3.63) is 0 Å². The highest BCUT2D eigenvalue weighted by Gasteiger charge is 2.33. The quantitative estimate of drug-likeness (QED) is 0.610. The fourth-order valence-corrected chi connectivity index (χ4v) is 2.22. The van der Waals surface area contributed by atoms with Crippen LogP contribution in [-0.2, 0) is 4.74 Å². The highest BCUT2D eigenvalue weighted by Crippen LogP contribution is 2.29. The number of likely N-dealkylation sites (tertiary alicyclic amines) is 1. The van der Waals surface area contributed by atoms with Crippen LogP contribution in [0.2, 0.25) is 0 Å². The Kier molecular flexibility index (Phi) is 3.80. The van der Waals surface area contributed by atoms with Crippen LogP contribution in [0.25, 0.3) is 0 Å². The van der Waals surface area contributed by atoms with Crippen LogP contribution in [-0.4, -0.2) is 28.8 Å². The van der Waals surface area contributed by atoms with Crippen molar-refractivity contribution in [2.75, 3.05) is 13.1 Å². The van der Waals surface area contributed by atoms with Gasteiger partial charge in [-0.2, -0.15) is 5.26 Å². The third-order valence-corrected chi connectivity index (χ3v) is 2.96. The summed E-state index contributed by atoms with van der Waals surface area (Å²) in [6.07, 6.45) is 1.94. The lowest BCUT2D eigenvalue weighted by atomic mass is 9.84. The van der Waals surface area contributed by atoms with E-state index >= 15 is 0 Å². The molecule has 90 valence electrons. The third kappa shape index (κ3) is 3.64. The van der Waals surface area contributed by atoms with Gasteiger partial charge in [-0.15, -0.1) is 0 Å². The van der Waals surface area contributed by atoms with Gasteiger partial charge in [0.25, 0.3) is 5.17 Å². The second kappa shape index (κ2) is 4.58. The smallest absolute Gasteiger partial charge is 0.259 e. The summed E-state index contributed by atoms with van der Waals surface area (Å²) in [7, 11) is 0. The summed E-state index contributed by atoms with van der Waals surface area (Å²) in [5.74, 6) is 0. The Hall–Kier alpha value is -0.820. The molecule has 1 fully saturated rings. The average Bonchev–Trinajstić information content (AvgIpc) is 2.15. The zero-order valence-corrected chi connectivity index (χ0v) is 11.4. The molecule has 0 aliphatic carbocycles. The zero-order chi connectivity index (χ0) is 12.4. The molecule has 0 aromatic carbocycles. The Balaban J connectivity index is 2.62. The van der Waals surface area contributed by atoms with Crippen LogP contribution in [0.4, 0.5) is 0 Å². The van der Waals surface area contributed by atoms with Crippen molar-refractivity contribution in [3.8, 4) is 6.07 Å². The van der Waals surface area contributed by atoms with Gasteiger partial charge in [0.05, 0.1) is 11.5 Å². The molecule has 0 aromatic heterocycles. The predicted octanol–water partition coefficient (Wildman–Crippen LogP) is 2.71. The first-order valence-corrected chi connectivity index (χ1v) is 6.06. The summed E-state index contributed by atoms with van der Waals surface area (Å²) in [6, 6.07) is 2.37. The second-order valence-electron chi connectivity index (χ2n) is 5.68. The Morgan fingerprint density at radius 1 is 1.50 bits per heavy atom. The normalized spacial score (nSPS) is 26.1. The fraction of sp³-hybridized carbons (Fsp3) is 0.833. The van der Waals surface area contributed by atoms with E-state index in [1.807, 2.05) is 32.6 Å². The van der Waals surface area contributed by atoms with Gasteiger partial charge >= 0.3 is 0 Å². The summed E-state index contributed by atoms with van der Waals surface area (Å²) in [5, 5.41) is 9.64. The van der Waals surface area contributed by atoms with E-state index in [4.69, 9.17) is 22.2 Å². The Morgan fingerprint density at radius 2 is 2.12 bits per heavy atom. The minimum absolute atomic E-state index is 0.266. The van der Waals surface area contributed by atoms with Crippen molar-refractivity contribution < 1.29 is 4.74 Å². The highest BCUT2D eigenvalue weighted by molar-refractivity contribution is 7.80. The summed E-state index contributed by atoms with van der Waals surface area (Å²) < 4.78 is 5.66. The lowest BCUT2D eigenvalue weighted by Crippen LogP contribution is -2.46. The predicted molar refractivity (Wildman–Crippen MR) is 68.0 cm³/mol. The lowest BCUT2D eigenvalue weighted by molar-refractivity contribution is 0.0789. The third-order valence-electron chi connectivity index (χ3n) is 2.62. The number of hydrogen-bond donors (Lipinski definition) is 0. The van der Waals surface area contributed by atoms with E-state index < -0.39 is 0 Å². The first-order valence-electron chi connectivity index (χ1n) is 5.65. The van der Waals surface area contributed by atoms with Crippen LogP contribution in [0.1, 0.15) is 40.5 Å². The molecule has 1 aliphatic heterocycles. The maximum absolute atomic E-state index is 9.12. The minimum atomic E-state index is -0.288. The van der Waals surface area contributed by atoms with Crippen molar-refractivity contribution in [1.82, 2.24) is 4.90 Å². The van der Waals surface area contributed by atoms with Gasteiger partial charge in [0, 0.05) is 13.1 Å². The Bertz CT molecular complexity index is 316. The molecule has 16 heavy (non-hydrogen) atoms. The highest BCUT2D eigenvalue weighted by atomic mass is 32.1. The average molecular weight is 240 g/mol. The van der Waals surface area contributed by atoms with Crippen LogP contribution in [0.15, 0.2) is 0 Å². The maximum atomic E-state index is 9.12. The number of thiocarbonyl (C=S) groups is 1. The van der Waals surface area contributed by atoms with Crippen molar-refractivity contribution in [1.29, 1.82) is 5.26 Å². The van der Waals surface area contributed by atoms with E-state index in [2.05, 4.69) is 6.07 Å². The summed E-state index contributed by atoms with van der Waals surface area (Å²) in [6.45, 7) is 9.50. The first kappa shape index (κ1) is 13.2. The summed E-state index contributed by atoms with van der Waals surface area (Å²) >= 11 is 5.27. The van der Waals surface area contributed by atoms with Crippen molar-refractivity contribution in [3.63, 3.8) is 0 Å². The number of nitriles is 1. The van der Waals surface area contributed by atoms with Crippen molar-refractivity contribution in [2.24, 2.45) is 5.41 Å². The van der Waals surface area contributed by atoms with Gasteiger partial charge < -0.3 is 9.64 Å². The fourth-order valence-electron chi connectivity index (χ4n) is 1.81. The topological polar surface area (TPSA) is 36.3 Å².